The Bertz CT molecular complexity index is 664. The van der Waals surface area contributed by atoms with E-state index in [-0.39, 0.29) is 16.8 Å². The summed E-state index contributed by atoms with van der Waals surface area (Å²) in [6.07, 6.45) is 0.784. The van der Waals surface area contributed by atoms with Crippen molar-refractivity contribution in [2.75, 3.05) is 38.6 Å². The summed E-state index contributed by atoms with van der Waals surface area (Å²) in [4.78, 5) is 24.8. The molecule has 1 aromatic carbocycles. The Morgan fingerprint density at radius 2 is 2.12 bits per heavy atom. The first-order valence-electron chi connectivity index (χ1n) is 8.13. The van der Waals surface area contributed by atoms with E-state index >= 15 is 0 Å². The maximum atomic E-state index is 13.6. The highest BCUT2D eigenvalue weighted by molar-refractivity contribution is 6.01. The van der Waals surface area contributed by atoms with Crippen LogP contribution in [-0.4, -0.2) is 54.1 Å². The molecule has 0 aromatic heterocycles. The van der Waals surface area contributed by atoms with Crippen LogP contribution in [-0.2, 0) is 4.74 Å². The average Bonchev–Trinajstić information content (AvgIpc) is 2.61. The SMILES string of the molecule is CC[C@@](C)(CNC(=O)c1cc(F)cc([N+](=O)[O-])c1N)N1CCOCC1. The lowest BCUT2D eigenvalue weighted by atomic mass is 9.95. The van der Waals surface area contributed by atoms with E-state index in [0.29, 0.717) is 25.8 Å². The van der Waals surface area contributed by atoms with Crippen LogP contribution in [0, 0.1) is 15.9 Å². The number of nitro benzene ring substituents is 1. The van der Waals surface area contributed by atoms with Crippen molar-refractivity contribution in [1.82, 2.24) is 10.2 Å². The molecule has 1 fully saturated rings. The Balaban J connectivity index is 2.15. The number of carbonyl (C=O) groups excluding carboxylic acids is 1. The minimum atomic E-state index is -0.877. The van der Waals surface area contributed by atoms with Gasteiger partial charge in [-0.3, -0.25) is 19.8 Å². The number of halogens is 1. The van der Waals surface area contributed by atoms with Gasteiger partial charge in [-0.2, -0.15) is 0 Å². The fourth-order valence-electron chi connectivity index (χ4n) is 2.87. The van der Waals surface area contributed by atoms with Crippen molar-refractivity contribution in [1.29, 1.82) is 0 Å². The summed E-state index contributed by atoms with van der Waals surface area (Å²) in [5, 5.41) is 13.7. The number of nitrogens with two attached hydrogens (primary N) is 1. The summed E-state index contributed by atoms with van der Waals surface area (Å²) < 4.78 is 18.9. The molecule has 0 unspecified atom stereocenters. The summed E-state index contributed by atoms with van der Waals surface area (Å²) in [5.74, 6) is -1.51. The molecule has 1 saturated heterocycles. The zero-order valence-corrected chi connectivity index (χ0v) is 14.4. The molecule has 0 spiro atoms. The van der Waals surface area contributed by atoms with E-state index in [9.17, 15) is 19.3 Å². The monoisotopic (exact) mass is 354 g/mol. The zero-order valence-electron chi connectivity index (χ0n) is 14.4. The predicted octanol–water partition coefficient (Wildman–Crippen LogP) is 1.55. The number of amides is 1. The quantitative estimate of drug-likeness (QED) is 0.455. The minimum Gasteiger partial charge on any atom is -0.393 e. The van der Waals surface area contributed by atoms with E-state index < -0.39 is 22.3 Å². The van der Waals surface area contributed by atoms with Crippen molar-refractivity contribution in [3.8, 4) is 0 Å². The van der Waals surface area contributed by atoms with E-state index in [0.717, 1.165) is 25.6 Å². The lowest BCUT2D eigenvalue weighted by molar-refractivity contribution is -0.384. The first-order valence-corrected chi connectivity index (χ1v) is 8.13. The van der Waals surface area contributed by atoms with Gasteiger partial charge in [0.1, 0.15) is 11.5 Å². The van der Waals surface area contributed by atoms with Crippen LogP contribution in [0.1, 0.15) is 30.6 Å². The largest absolute Gasteiger partial charge is 0.393 e. The number of nitro groups is 1. The summed E-state index contributed by atoms with van der Waals surface area (Å²) >= 11 is 0. The fourth-order valence-corrected chi connectivity index (χ4v) is 2.87. The number of hydrogen-bond donors (Lipinski definition) is 2. The molecular formula is C16H23FN4O4. The Labute approximate surface area is 145 Å². The van der Waals surface area contributed by atoms with Crippen LogP contribution in [0.5, 0.6) is 0 Å². The second kappa shape index (κ2) is 7.75. The Morgan fingerprint density at radius 3 is 2.68 bits per heavy atom. The van der Waals surface area contributed by atoms with Gasteiger partial charge >= 0.3 is 0 Å². The van der Waals surface area contributed by atoms with Crippen LogP contribution in [0.2, 0.25) is 0 Å². The topological polar surface area (TPSA) is 111 Å². The third kappa shape index (κ3) is 4.23. The highest BCUT2D eigenvalue weighted by Crippen LogP contribution is 2.27. The summed E-state index contributed by atoms with van der Waals surface area (Å²) in [6.45, 7) is 7.13. The molecule has 1 amide bonds. The molecule has 3 N–H and O–H groups in total. The average molecular weight is 354 g/mol. The number of nitrogens with zero attached hydrogens (tertiary/aromatic N) is 2. The molecule has 1 aliphatic heterocycles. The second-order valence-corrected chi connectivity index (χ2v) is 6.28. The number of ether oxygens (including phenoxy) is 1. The van der Waals surface area contributed by atoms with Crippen LogP contribution >= 0.6 is 0 Å². The molecule has 0 bridgehead atoms. The van der Waals surface area contributed by atoms with Crippen molar-refractivity contribution in [3.05, 3.63) is 33.6 Å². The smallest absolute Gasteiger partial charge is 0.295 e. The van der Waals surface area contributed by atoms with Crippen LogP contribution < -0.4 is 11.1 Å². The summed E-state index contributed by atoms with van der Waals surface area (Å²) in [5.41, 5.74) is 4.19. The molecule has 138 valence electrons. The van der Waals surface area contributed by atoms with Gasteiger partial charge in [-0.05, 0) is 19.4 Å². The molecule has 1 heterocycles. The van der Waals surface area contributed by atoms with Gasteiger partial charge in [0.05, 0.1) is 29.8 Å². The van der Waals surface area contributed by atoms with E-state index in [1.165, 1.54) is 0 Å². The maximum absolute atomic E-state index is 13.6. The van der Waals surface area contributed by atoms with E-state index in [4.69, 9.17) is 10.5 Å². The first-order chi connectivity index (χ1) is 11.8. The number of benzene rings is 1. The van der Waals surface area contributed by atoms with E-state index in [1.807, 2.05) is 13.8 Å². The van der Waals surface area contributed by atoms with Gasteiger partial charge in [0.15, 0.2) is 0 Å². The third-order valence-corrected chi connectivity index (χ3v) is 4.73. The molecule has 8 nitrogen and oxygen atoms in total. The molecule has 0 radical (unpaired) electrons. The molecule has 1 aliphatic rings. The van der Waals surface area contributed by atoms with Gasteiger partial charge in [-0.1, -0.05) is 6.92 Å². The molecule has 1 aromatic rings. The summed E-state index contributed by atoms with van der Waals surface area (Å²) in [7, 11) is 0. The lowest BCUT2D eigenvalue weighted by Gasteiger charge is -2.43. The molecule has 1 atom stereocenters. The van der Waals surface area contributed by atoms with Gasteiger partial charge in [-0.15, -0.1) is 0 Å². The lowest BCUT2D eigenvalue weighted by Crippen LogP contribution is -2.56. The van der Waals surface area contributed by atoms with Gasteiger partial charge in [-0.25, -0.2) is 4.39 Å². The van der Waals surface area contributed by atoms with Crippen molar-refractivity contribution < 1.29 is 18.8 Å². The third-order valence-electron chi connectivity index (χ3n) is 4.73. The van der Waals surface area contributed by atoms with E-state index in [2.05, 4.69) is 10.2 Å². The van der Waals surface area contributed by atoms with Crippen molar-refractivity contribution in [2.45, 2.75) is 25.8 Å². The molecule has 25 heavy (non-hydrogen) atoms. The highest BCUT2D eigenvalue weighted by atomic mass is 19.1. The zero-order chi connectivity index (χ0) is 18.6. The van der Waals surface area contributed by atoms with Gasteiger partial charge < -0.3 is 15.8 Å². The molecule has 0 aliphatic carbocycles. The van der Waals surface area contributed by atoms with Crippen molar-refractivity contribution in [3.63, 3.8) is 0 Å². The van der Waals surface area contributed by atoms with Crippen LogP contribution in [0.15, 0.2) is 12.1 Å². The standard InChI is InChI=1S/C16H23FN4O4/c1-3-16(2,20-4-6-25-7-5-20)10-19-15(22)12-8-11(17)9-13(14(12)18)21(23)24/h8-9H,3-7,10,18H2,1-2H3,(H,19,22)/t16-/m0/s1. The highest BCUT2D eigenvalue weighted by Gasteiger charge is 2.32. The number of anilines is 1. The van der Waals surface area contributed by atoms with Gasteiger partial charge in [0, 0.05) is 25.2 Å². The number of morpholine rings is 1. The maximum Gasteiger partial charge on any atom is 0.295 e. The second-order valence-electron chi connectivity index (χ2n) is 6.28. The number of nitrogen functional groups attached to an aromatic ring is 1. The predicted molar refractivity (Wildman–Crippen MR) is 90.9 cm³/mol. The number of carbonyl (C=O) groups is 1. The van der Waals surface area contributed by atoms with Gasteiger partial charge in [0.25, 0.3) is 11.6 Å². The first kappa shape index (κ1) is 19.1. The Morgan fingerprint density at radius 1 is 1.48 bits per heavy atom. The molecule has 9 heteroatoms. The number of rotatable bonds is 6. The Kier molecular flexibility index (Phi) is 5.91. The molecular weight excluding hydrogens is 331 g/mol. The normalized spacial score (nSPS) is 17.7. The Hall–Kier alpha value is -2.26. The van der Waals surface area contributed by atoms with Crippen LogP contribution in [0.3, 0.4) is 0 Å². The minimum absolute atomic E-state index is 0.230. The number of nitrogens with one attached hydrogen (secondary N) is 1. The molecule has 2 rings (SSSR count). The van der Waals surface area contributed by atoms with Crippen LogP contribution in [0.25, 0.3) is 0 Å². The van der Waals surface area contributed by atoms with Crippen molar-refractivity contribution >= 4 is 17.3 Å². The van der Waals surface area contributed by atoms with E-state index in [1.54, 1.807) is 0 Å². The summed E-state index contributed by atoms with van der Waals surface area (Å²) in [6, 6.07) is 1.62. The fraction of sp³-hybridized carbons (Fsp3) is 0.562. The molecule has 0 saturated carbocycles. The van der Waals surface area contributed by atoms with Crippen LogP contribution in [0.4, 0.5) is 15.8 Å². The van der Waals surface area contributed by atoms with Crippen molar-refractivity contribution in [2.24, 2.45) is 0 Å². The van der Waals surface area contributed by atoms with Gasteiger partial charge in [0.2, 0.25) is 0 Å². The number of hydrogen-bond acceptors (Lipinski definition) is 6.